The summed E-state index contributed by atoms with van der Waals surface area (Å²) in [6.45, 7) is 2.04. The molecule has 0 spiro atoms. The Kier molecular flexibility index (Phi) is 4.53. The number of ether oxygens (including phenoxy) is 1. The number of hydrogen-bond acceptors (Lipinski definition) is 5. The number of benzene rings is 2. The molecule has 0 atom stereocenters. The predicted molar refractivity (Wildman–Crippen MR) is 103 cm³/mol. The van der Waals surface area contributed by atoms with Gasteiger partial charge in [0.05, 0.1) is 23.9 Å². The van der Waals surface area contributed by atoms with Gasteiger partial charge in [0.1, 0.15) is 0 Å². The highest BCUT2D eigenvalue weighted by Gasteiger charge is 2.27. The van der Waals surface area contributed by atoms with Crippen LogP contribution in [0.3, 0.4) is 0 Å². The normalized spacial score (nSPS) is 13.5. The van der Waals surface area contributed by atoms with Gasteiger partial charge in [-0.05, 0) is 55.2 Å². The zero-order chi connectivity index (χ0) is 19.0. The summed E-state index contributed by atoms with van der Waals surface area (Å²) >= 11 is 0.880. The van der Waals surface area contributed by atoms with Crippen LogP contribution in [0.15, 0.2) is 58.1 Å². The molecule has 0 saturated carbocycles. The fourth-order valence-electron chi connectivity index (χ4n) is 3.47. The van der Waals surface area contributed by atoms with E-state index in [9.17, 15) is 14.4 Å². The third-order valence-corrected chi connectivity index (χ3v) is 5.66. The van der Waals surface area contributed by atoms with Gasteiger partial charge in [-0.15, -0.1) is 0 Å². The number of carbonyl (C=O) groups is 1. The molecule has 1 aromatic heterocycles. The maximum Gasteiger partial charge on any atom is 0.346 e. The van der Waals surface area contributed by atoms with E-state index >= 15 is 0 Å². The minimum absolute atomic E-state index is 0.154. The Labute approximate surface area is 159 Å². The van der Waals surface area contributed by atoms with Crippen molar-refractivity contribution >= 4 is 17.5 Å². The molecule has 3 aromatic rings. The Hall–Kier alpha value is -2.93. The van der Waals surface area contributed by atoms with Crippen molar-refractivity contribution in [2.45, 2.75) is 25.8 Å². The molecular weight excluding hydrogens is 364 g/mol. The van der Waals surface area contributed by atoms with E-state index in [4.69, 9.17) is 4.74 Å². The first-order valence-corrected chi connectivity index (χ1v) is 9.55. The summed E-state index contributed by atoms with van der Waals surface area (Å²) in [6, 6.07) is 14.4. The van der Waals surface area contributed by atoms with E-state index in [-0.39, 0.29) is 16.6 Å². The minimum atomic E-state index is -0.411. The van der Waals surface area contributed by atoms with Crippen LogP contribution in [0.4, 0.5) is 0 Å². The molecule has 0 fully saturated rings. The van der Waals surface area contributed by atoms with Gasteiger partial charge in [0, 0.05) is 11.5 Å². The zero-order valence-corrected chi connectivity index (χ0v) is 15.6. The van der Waals surface area contributed by atoms with Crippen molar-refractivity contribution in [2.75, 3.05) is 6.61 Å². The fraction of sp³-hybridized carbons (Fsp3) is 0.250. The van der Waals surface area contributed by atoms with Crippen LogP contribution in [0.25, 0.3) is 5.69 Å². The second-order valence-corrected chi connectivity index (χ2v) is 7.30. The number of rotatable bonds is 4. The summed E-state index contributed by atoms with van der Waals surface area (Å²) in [5.74, 6) is -0.411. The van der Waals surface area contributed by atoms with Gasteiger partial charge < -0.3 is 4.74 Å². The van der Waals surface area contributed by atoms with Gasteiger partial charge in [-0.3, -0.25) is 4.79 Å². The number of fused-ring (bicyclic) bond motifs is 1. The van der Waals surface area contributed by atoms with Crippen molar-refractivity contribution in [1.82, 2.24) is 8.52 Å². The molecule has 0 saturated heterocycles. The van der Waals surface area contributed by atoms with Crippen LogP contribution in [0.2, 0.25) is 0 Å². The van der Waals surface area contributed by atoms with Crippen molar-refractivity contribution in [2.24, 2.45) is 0 Å². The lowest BCUT2D eigenvalue weighted by Crippen LogP contribution is -2.32. The van der Waals surface area contributed by atoms with Crippen molar-refractivity contribution < 1.29 is 9.53 Å². The molecule has 138 valence electrons. The molecule has 2 aromatic carbocycles. The summed E-state index contributed by atoms with van der Waals surface area (Å²) in [6.07, 6.45) is 1.37. The fourth-order valence-corrected chi connectivity index (χ4v) is 4.34. The first kappa shape index (κ1) is 17.5. The second-order valence-electron chi connectivity index (χ2n) is 6.40. The minimum Gasteiger partial charge on any atom is -0.462 e. The topological polar surface area (TPSA) is 70.3 Å². The zero-order valence-electron chi connectivity index (χ0n) is 14.8. The third kappa shape index (κ3) is 3.14. The predicted octanol–water partition coefficient (Wildman–Crippen LogP) is 2.58. The molecule has 0 N–H and O–H groups in total. The number of esters is 1. The average Bonchev–Trinajstić information content (AvgIpc) is 3.22. The van der Waals surface area contributed by atoms with Crippen molar-refractivity contribution in [3.8, 4) is 5.69 Å². The van der Waals surface area contributed by atoms with Gasteiger partial charge in [-0.1, -0.05) is 24.3 Å². The average molecular weight is 382 g/mol. The van der Waals surface area contributed by atoms with Crippen LogP contribution in [0, 0.1) is 0 Å². The lowest BCUT2D eigenvalue weighted by Gasteiger charge is -2.08. The van der Waals surface area contributed by atoms with Gasteiger partial charge in [0.2, 0.25) is 0 Å². The Morgan fingerprint density at radius 1 is 1.07 bits per heavy atom. The molecule has 0 aliphatic heterocycles. The van der Waals surface area contributed by atoms with Gasteiger partial charge in [0.25, 0.3) is 0 Å². The van der Waals surface area contributed by atoms with Crippen LogP contribution in [0.5, 0.6) is 0 Å². The standard InChI is InChI=1S/C20H18N2O4S/c1-2-26-18(23)13-7-9-16(10-8-13)22-19(24)21(20(25)27-22)17-11-14-5-3-4-6-15(14)12-17/h3-10,17H,2,11-12H2,1H3. The van der Waals surface area contributed by atoms with Gasteiger partial charge >= 0.3 is 16.5 Å². The molecule has 1 aliphatic carbocycles. The summed E-state index contributed by atoms with van der Waals surface area (Å²) in [4.78, 5) is 36.9. The first-order chi connectivity index (χ1) is 13.1. The molecule has 0 radical (unpaired) electrons. The molecule has 27 heavy (non-hydrogen) atoms. The lowest BCUT2D eigenvalue weighted by molar-refractivity contribution is 0.0526. The van der Waals surface area contributed by atoms with Crippen molar-refractivity contribution in [3.63, 3.8) is 0 Å². The maximum absolute atomic E-state index is 12.9. The van der Waals surface area contributed by atoms with E-state index in [0.29, 0.717) is 30.7 Å². The molecule has 1 aliphatic rings. The van der Waals surface area contributed by atoms with Crippen molar-refractivity contribution in [3.05, 3.63) is 85.4 Å². The summed E-state index contributed by atoms with van der Waals surface area (Å²) in [7, 11) is 0. The van der Waals surface area contributed by atoms with Gasteiger partial charge in [-0.25, -0.2) is 18.1 Å². The number of aromatic nitrogens is 2. The number of nitrogens with zero attached hydrogens (tertiary/aromatic N) is 2. The highest BCUT2D eigenvalue weighted by Crippen LogP contribution is 2.28. The third-order valence-electron chi connectivity index (χ3n) is 4.75. The number of carbonyl (C=O) groups excluding carboxylic acids is 1. The summed E-state index contributed by atoms with van der Waals surface area (Å²) in [5, 5.41) is 0. The molecular formula is C20H18N2O4S. The van der Waals surface area contributed by atoms with Crippen LogP contribution in [-0.2, 0) is 17.6 Å². The van der Waals surface area contributed by atoms with E-state index < -0.39 is 5.97 Å². The highest BCUT2D eigenvalue weighted by atomic mass is 32.1. The van der Waals surface area contributed by atoms with E-state index in [1.54, 1.807) is 31.2 Å². The molecule has 7 heteroatoms. The molecule has 4 rings (SSSR count). The van der Waals surface area contributed by atoms with Gasteiger partial charge in [-0.2, -0.15) is 0 Å². The van der Waals surface area contributed by atoms with E-state index in [1.165, 1.54) is 19.7 Å². The Balaban J connectivity index is 1.65. The van der Waals surface area contributed by atoms with E-state index in [2.05, 4.69) is 0 Å². The molecule has 0 bridgehead atoms. The van der Waals surface area contributed by atoms with Gasteiger partial charge in [0.15, 0.2) is 0 Å². The van der Waals surface area contributed by atoms with Crippen LogP contribution >= 0.6 is 11.5 Å². The monoisotopic (exact) mass is 382 g/mol. The molecule has 6 nitrogen and oxygen atoms in total. The van der Waals surface area contributed by atoms with Crippen LogP contribution in [0.1, 0.15) is 34.5 Å². The van der Waals surface area contributed by atoms with Crippen molar-refractivity contribution in [1.29, 1.82) is 0 Å². The molecule has 0 amide bonds. The second kappa shape index (κ2) is 7.00. The van der Waals surface area contributed by atoms with Crippen LogP contribution < -0.4 is 10.6 Å². The smallest absolute Gasteiger partial charge is 0.346 e. The Bertz CT molecular complexity index is 1080. The van der Waals surface area contributed by atoms with E-state index in [1.807, 2.05) is 24.3 Å². The Morgan fingerprint density at radius 2 is 1.70 bits per heavy atom. The van der Waals surface area contributed by atoms with E-state index in [0.717, 1.165) is 11.5 Å². The first-order valence-electron chi connectivity index (χ1n) is 8.77. The highest BCUT2D eigenvalue weighted by molar-refractivity contribution is 7.03. The maximum atomic E-state index is 12.9. The molecule has 1 heterocycles. The number of hydrogen-bond donors (Lipinski definition) is 0. The van der Waals surface area contributed by atoms with Crippen LogP contribution in [-0.4, -0.2) is 21.1 Å². The summed E-state index contributed by atoms with van der Waals surface area (Å²) < 4.78 is 7.69. The SMILES string of the molecule is CCOC(=O)c1ccc(-n2sc(=O)n(C3Cc4ccccc4C3)c2=O)cc1. The summed E-state index contributed by atoms with van der Waals surface area (Å²) in [5.41, 5.74) is 3.00. The molecule has 0 unspecified atom stereocenters. The quantitative estimate of drug-likeness (QED) is 0.651. The largest absolute Gasteiger partial charge is 0.462 e. The lowest BCUT2D eigenvalue weighted by atomic mass is 10.1. The Morgan fingerprint density at radius 3 is 2.30 bits per heavy atom.